The Labute approximate surface area is 90.1 Å². The number of ketones is 1. The lowest BCUT2D eigenvalue weighted by Gasteiger charge is -2.28. The molecule has 15 heavy (non-hydrogen) atoms. The molecule has 4 unspecified atom stereocenters. The van der Waals surface area contributed by atoms with Gasteiger partial charge in [-0.05, 0) is 31.6 Å². The molecule has 0 aromatic carbocycles. The van der Waals surface area contributed by atoms with Crippen molar-refractivity contribution in [3.63, 3.8) is 0 Å². The normalized spacial score (nSPS) is 49.1. The van der Waals surface area contributed by atoms with E-state index in [1.807, 2.05) is 0 Å². The summed E-state index contributed by atoms with van der Waals surface area (Å²) in [5, 5.41) is 0. The number of hydrogen-bond donors (Lipinski definition) is 0. The smallest absolute Gasteiger partial charge is 0.162 e. The van der Waals surface area contributed by atoms with Gasteiger partial charge < -0.3 is 9.47 Å². The van der Waals surface area contributed by atoms with Crippen LogP contribution in [0.2, 0.25) is 0 Å². The first kappa shape index (κ1) is 9.79. The van der Waals surface area contributed by atoms with Crippen molar-refractivity contribution in [2.75, 3.05) is 6.61 Å². The van der Waals surface area contributed by atoms with Crippen LogP contribution in [-0.4, -0.2) is 24.8 Å². The Hall–Kier alpha value is -0.410. The van der Waals surface area contributed by atoms with E-state index < -0.39 is 0 Å². The fraction of sp³-hybridized carbons (Fsp3) is 0.917. The Morgan fingerprint density at radius 1 is 1.47 bits per heavy atom. The van der Waals surface area contributed by atoms with Gasteiger partial charge in [0.05, 0.1) is 0 Å². The van der Waals surface area contributed by atoms with Crippen LogP contribution >= 0.6 is 0 Å². The van der Waals surface area contributed by atoms with Crippen LogP contribution < -0.4 is 0 Å². The van der Waals surface area contributed by atoms with E-state index in [4.69, 9.17) is 9.47 Å². The van der Waals surface area contributed by atoms with Gasteiger partial charge in [0.2, 0.25) is 0 Å². The summed E-state index contributed by atoms with van der Waals surface area (Å²) in [5.41, 5.74) is 0.151. The highest BCUT2D eigenvalue weighted by Crippen LogP contribution is 2.63. The summed E-state index contributed by atoms with van der Waals surface area (Å²) in [6.07, 6.45) is 4.83. The Bertz CT molecular complexity index is 283. The molecule has 3 aliphatic rings. The van der Waals surface area contributed by atoms with E-state index in [1.165, 1.54) is 0 Å². The third-order valence-electron chi connectivity index (χ3n) is 4.22. The van der Waals surface area contributed by atoms with E-state index in [-0.39, 0.29) is 17.8 Å². The molecule has 3 fully saturated rings. The number of rotatable bonds is 2. The maximum absolute atomic E-state index is 11.7. The highest BCUT2D eigenvalue weighted by molar-refractivity contribution is 5.88. The van der Waals surface area contributed by atoms with Gasteiger partial charge in [-0.2, -0.15) is 0 Å². The Kier molecular flexibility index (Phi) is 2.15. The predicted molar refractivity (Wildman–Crippen MR) is 54.3 cm³/mol. The highest BCUT2D eigenvalue weighted by atomic mass is 16.7. The summed E-state index contributed by atoms with van der Waals surface area (Å²) in [5.74, 6) is 0.890. The van der Waals surface area contributed by atoms with Crippen molar-refractivity contribution in [2.45, 2.75) is 51.4 Å². The van der Waals surface area contributed by atoms with E-state index in [0.29, 0.717) is 11.7 Å². The molecule has 0 bridgehead atoms. The Morgan fingerprint density at radius 3 is 2.93 bits per heavy atom. The maximum Gasteiger partial charge on any atom is 0.162 e. The zero-order valence-electron chi connectivity index (χ0n) is 9.20. The van der Waals surface area contributed by atoms with Gasteiger partial charge in [0, 0.05) is 18.4 Å². The molecule has 4 atom stereocenters. The van der Waals surface area contributed by atoms with Crippen LogP contribution in [0, 0.1) is 11.3 Å². The van der Waals surface area contributed by atoms with E-state index in [9.17, 15) is 4.79 Å². The first-order chi connectivity index (χ1) is 7.20. The molecule has 0 amide bonds. The van der Waals surface area contributed by atoms with E-state index in [1.54, 1.807) is 0 Å². The Morgan fingerprint density at radius 2 is 2.33 bits per heavy atom. The van der Waals surface area contributed by atoms with Gasteiger partial charge >= 0.3 is 0 Å². The summed E-state index contributed by atoms with van der Waals surface area (Å²) in [4.78, 5) is 11.7. The van der Waals surface area contributed by atoms with Crippen molar-refractivity contribution in [1.29, 1.82) is 0 Å². The third kappa shape index (κ3) is 1.53. The van der Waals surface area contributed by atoms with Crippen LogP contribution in [-0.2, 0) is 14.3 Å². The van der Waals surface area contributed by atoms with Crippen LogP contribution in [0.5, 0.6) is 0 Å². The molecule has 84 valence electrons. The van der Waals surface area contributed by atoms with Gasteiger partial charge in [-0.15, -0.1) is 0 Å². The molecule has 0 aromatic rings. The monoisotopic (exact) mass is 210 g/mol. The zero-order chi connectivity index (χ0) is 10.5. The molecule has 2 saturated carbocycles. The molecule has 0 radical (unpaired) electrons. The zero-order valence-corrected chi connectivity index (χ0v) is 9.20. The summed E-state index contributed by atoms with van der Waals surface area (Å²) in [6.45, 7) is 2.96. The summed E-state index contributed by atoms with van der Waals surface area (Å²) in [6, 6.07) is 0. The van der Waals surface area contributed by atoms with E-state index in [2.05, 4.69) is 6.92 Å². The molecule has 3 nitrogen and oxygen atoms in total. The maximum atomic E-state index is 11.7. The molecule has 0 N–H and O–H groups in total. The second-order valence-corrected chi connectivity index (χ2v) is 5.39. The lowest BCUT2D eigenvalue weighted by molar-refractivity contribution is -0.198. The van der Waals surface area contributed by atoms with Crippen LogP contribution in [0.4, 0.5) is 0 Å². The topological polar surface area (TPSA) is 35.5 Å². The first-order valence-electron chi connectivity index (χ1n) is 6.00. The summed E-state index contributed by atoms with van der Waals surface area (Å²) in [7, 11) is 0. The molecule has 0 spiro atoms. The average molecular weight is 210 g/mol. The summed E-state index contributed by atoms with van der Waals surface area (Å²) < 4.78 is 11.4. The van der Waals surface area contributed by atoms with Crippen molar-refractivity contribution in [1.82, 2.24) is 0 Å². The first-order valence-corrected chi connectivity index (χ1v) is 6.00. The molecule has 0 aromatic heterocycles. The number of Topliss-reactive ketones (excluding diaryl/α,β-unsaturated/α-hetero) is 1. The largest absolute Gasteiger partial charge is 0.353 e. The van der Waals surface area contributed by atoms with Crippen LogP contribution in [0.1, 0.15) is 39.0 Å². The van der Waals surface area contributed by atoms with Crippen molar-refractivity contribution < 1.29 is 14.3 Å². The minimum absolute atomic E-state index is 0.121. The third-order valence-corrected chi connectivity index (χ3v) is 4.22. The minimum Gasteiger partial charge on any atom is -0.353 e. The number of carbonyl (C=O) groups is 1. The van der Waals surface area contributed by atoms with Crippen LogP contribution in [0.25, 0.3) is 0 Å². The second kappa shape index (κ2) is 3.29. The van der Waals surface area contributed by atoms with Gasteiger partial charge in [0.25, 0.3) is 0 Å². The lowest BCUT2D eigenvalue weighted by Crippen LogP contribution is -2.35. The average Bonchev–Trinajstić information content (AvgIpc) is 2.81. The van der Waals surface area contributed by atoms with Crippen molar-refractivity contribution >= 4 is 5.78 Å². The molecule has 1 heterocycles. The number of fused-ring (bicyclic) bond motifs is 1. The van der Waals surface area contributed by atoms with Gasteiger partial charge in [-0.1, -0.05) is 6.92 Å². The van der Waals surface area contributed by atoms with E-state index in [0.717, 1.165) is 38.7 Å². The standard InChI is InChI=1S/C12H18O3/c1-12-7-8(12)6-9(13)11(12)15-10-4-2-3-5-14-10/h8,10-11H,2-7H2,1H3. The summed E-state index contributed by atoms with van der Waals surface area (Å²) >= 11 is 0. The fourth-order valence-electron chi connectivity index (χ4n) is 3.02. The molecule has 1 saturated heterocycles. The quantitative estimate of drug-likeness (QED) is 0.698. The van der Waals surface area contributed by atoms with Crippen molar-refractivity contribution in [2.24, 2.45) is 11.3 Å². The number of ether oxygens (including phenoxy) is 2. The van der Waals surface area contributed by atoms with Crippen LogP contribution in [0.15, 0.2) is 0 Å². The fourth-order valence-corrected chi connectivity index (χ4v) is 3.02. The van der Waals surface area contributed by atoms with Gasteiger partial charge in [0.1, 0.15) is 6.10 Å². The SMILES string of the molecule is CC12CC1CC(=O)C2OC1CCCCO1. The molecule has 3 rings (SSSR count). The Balaban J connectivity index is 1.64. The predicted octanol–water partition coefficient (Wildman–Crippen LogP) is 1.90. The molecule has 2 aliphatic carbocycles. The highest BCUT2D eigenvalue weighted by Gasteiger charge is 2.64. The minimum atomic E-state index is -0.175. The second-order valence-electron chi connectivity index (χ2n) is 5.39. The number of hydrogen-bond acceptors (Lipinski definition) is 3. The molecular formula is C12H18O3. The van der Waals surface area contributed by atoms with Gasteiger partial charge in [-0.3, -0.25) is 4.79 Å². The van der Waals surface area contributed by atoms with E-state index >= 15 is 0 Å². The lowest BCUT2D eigenvalue weighted by atomic mass is 10.0. The molecular weight excluding hydrogens is 192 g/mol. The van der Waals surface area contributed by atoms with Gasteiger partial charge in [0.15, 0.2) is 12.1 Å². The van der Waals surface area contributed by atoms with Crippen molar-refractivity contribution in [3.8, 4) is 0 Å². The van der Waals surface area contributed by atoms with Crippen molar-refractivity contribution in [3.05, 3.63) is 0 Å². The number of carbonyl (C=O) groups excluding carboxylic acids is 1. The van der Waals surface area contributed by atoms with Gasteiger partial charge in [-0.25, -0.2) is 0 Å². The molecule has 3 heteroatoms. The van der Waals surface area contributed by atoms with Crippen LogP contribution in [0.3, 0.4) is 0 Å². The molecule has 1 aliphatic heterocycles.